The number of thiazole rings is 1. The van der Waals surface area contributed by atoms with Gasteiger partial charge in [-0.1, -0.05) is 23.2 Å². The van der Waals surface area contributed by atoms with E-state index in [1.165, 1.54) is 33.8 Å². The predicted octanol–water partition coefficient (Wildman–Crippen LogP) is 3.86. The van der Waals surface area contributed by atoms with E-state index in [1.807, 2.05) is 13.8 Å². The Morgan fingerprint density at radius 3 is 2.62 bits per heavy atom. The lowest BCUT2D eigenvalue weighted by atomic mass is 10.4. The zero-order chi connectivity index (χ0) is 19.1. The van der Waals surface area contributed by atoms with Crippen molar-refractivity contribution in [2.75, 3.05) is 11.9 Å². The fourth-order valence-corrected chi connectivity index (χ4v) is 5.61. The minimum atomic E-state index is -3.94. The molecule has 1 aliphatic rings. The van der Waals surface area contributed by atoms with E-state index in [1.54, 1.807) is 0 Å². The lowest BCUT2D eigenvalue weighted by molar-refractivity contribution is -0.116. The van der Waals surface area contributed by atoms with Gasteiger partial charge in [-0.05, 0) is 44.9 Å². The molecule has 10 heteroatoms. The van der Waals surface area contributed by atoms with Gasteiger partial charge in [-0.2, -0.15) is 4.31 Å². The van der Waals surface area contributed by atoms with E-state index in [4.69, 9.17) is 23.2 Å². The number of halogens is 2. The van der Waals surface area contributed by atoms with Crippen molar-refractivity contribution in [3.8, 4) is 0 Å². The average molecular weight is 434 g/mol. The summed E-state index contributed by atoms with van der Waals surface area (Å²) in [6.45, 7) is 3.46. The van der Waals surface area contributed by atoms with Crippen molar-refractivity contribution in [3.63, 3.8) is 0 Å². The molecule has 0 spiro atoms. The molecule has 3 rings (SSSR count). The second kappa shape index (κ2) is 7.44. The topological polar surface area (TPSA) is 79.4 Å². The van der Waals surface area contributed by atoms with E-state index >= 15 is 0 Å². The van der Waals surface area contributed by atoms with Crippen LogP contribution in [0.25, 0.3) is 0 Å². The maximum absolute atomic E-state index is 13.0. The van der Waals surface area contributed by atoms with Crippen LogP contribution in [0.1, 0.15) is 23.4 Å². The van der Waals surface area contributed by atoms with Crippen molar-refractivity contribution in [1.29, 1.82) is 0 Å². The monoisotopic (exact) mass is 433 g/mol. The summed E-state index contributed by atoms with van der Waals surface area (Å²) in [7, 11) is -3.94. The van der Waals surface area contributed by atoms with E-state index in [9.17, 15) is 13.2 Å². The normalized spacial score (nSPS) is 14.7. The van der Waals surface area contributed by atoms with E-state index in [2.05, 4.69) is 10.3 Å². The summed E-state index contributed by atoms with van der Waals surface area (Å²) in [6.07, 6.45) is 1.42. The molecule has 0 radical (unpaired) electrons. The van der Waals surface area contributed by atoms with Gasteiger partial charge in [0.15, 0.2) is 5.13 Å². The van der Waals surface area contributed by atoms with Gasteiger partial charge in [0.05, 0.1) is 17.3 Å². The molecule has 2 aromatic rings. The van der Waals surface area contributed by atoms with E-state index in [0.29, 0.717) is 18.0 Å². The van der Waals surface area contributed by atoms with Gasteiger partial charge < -0.3 is 5.32 Å². The van der Waals surface area contributed by atoms with Crippen LogP contribution in [0.15, 0.2) is 23.1 Å². The van der Waals surface area contributed by atoms with Gasteiger partial charge >= 0.3 is 0 Å². The molecule has 6 nitrogen and oxygen atoms in total. The quantitative estimate of drug-likeness (QED) is 0.749. The number of carbonyl (C=O) groups is 1. The standard InChI is InChI=1S/C16H17Cl2N3O3S2/c1-9-10(2)25-16(19-9)20-15(22)8-21(12-4-5-12)26(23,24)14-7-11(17)3-6-13(14)18/h3,6-7,12H,4-5,8H2,1-2H3,(H,19,20,22). The Kier molecular flexibility index (Phi) is 5.60. The summed E-state index contributed by atoms with van der Waals surface area (Å²) in [4.78, 5) is 17.5. The third-order valence-corrected chi connectivity index (χ3v) is 7.61. The summed E-state index contributed by atoms with van der Waals surface area (Å²) >= 11 is 13.3. The number of hydrogen-bond donors (Lipinski definition) is 1. The number of benzene rings is 1. The number of anilines is 1. The van der Waals surface area contributed by atoms with Crippen LogP contribution in [-0.4, -0.2) is 36.2 Å². The van der Waals surface area contributed by atoms with E-state index < -0.39 is 15.9 Å². The smallest absolute Gasteiger partial charge is 0.245 e. The number of rotatable bonds is 6. The van der Waals surface area contributed by atoms with Crippen molar-refractivity contribution >= 4 is 55.6 Å². The lowest BCUT2D eigenvalue weighted by Crippen LogP contribution is -2.39. The highest BCUT2D eigenvalue weighted by atomic mass is 35.5. The van der Waals surface area contributed by atoms with Gasteiger partial charge in [0, 0.05) is 15.9 Å². The summed E-state index contributed by atoms with van der Waals surface area (Å²) in [5.74, 6) is -0.438. The van der Waals surface area contributed by atoms with E-state index in [-0.39, 0.29) is 27.5 Å². The van der Waals surface area contributed by atoms with E-state index in [0.717, 1.165) is 10.6 Å². The number of aromatic nitrogens is 1. The predicted molar refractivity (Wildman–Crippen MR) is 104 cm³/mol. The molecule has 0 atom stereocenters. The van der Waals surface area contributed by atoms with Crippen molar-refractivity contribution in [3.05, 3.63) is 38.8 Å². The molecule has 1 aromatic heterocycles. The molecule has 1 heterocycles. The van der Waals surface area contributed by atoms with Gasteiger partial charge in [0.2, 0.25) is 15.9 Å². The van der Waals surface area contributed by atoms with Gasteiger partial charge in [-0.15, -0.1) is 11.3 Å². The Bertz CT molecular complexity index is 936. The molecule has 26 heavy (non-hydrogen) atoms. The molecule has 0 saturated heterocycles. The van der Waals surface area contributed by atoms with Crippen molar-refractivity contribution in [2.45, 2.75) is 37.6 Å². The number of sulfonamides is 1. The Morgan fingerprint density at radius 2 is 2.04 bits per heavy atom. The first-order chi connectivity index (χ1) is 12.2. The zero-order valence-electron chi connectivity index (χ0n) is 14.1. The Labute approximate surface area is 166 Å². The highest BCUT2D eigenvalue weighted by Gasteiger charge is 2.40. The third kappa shape index (κ3) is 4.20. The number of nitrogens with one attached hydrogen (secondary N) is 1. The SMILES string of the molecule is Cc1nc(NC(=O)CN(C2CC2)S(=O)(=O)c2cc(Cl)ccc2Cl)sc1C. The molecule has 1 fully saturated rings. The summed E-state index contributed by atoms with van der Waals surface area (Å²) in [5, 5.41) is 3.47. The maximum atomic E-state index is 13.0. The first-order valence-corrected chi connectivity index (χ1v) is 10.9. The minimum Gasteiger partial charge on any atom is -0.301 e. The average Bonchev–Trinajstić information content (AvgIpc) is 3.34. The van der Waals surface area contributed by atoms with Gasteiger partial charge in [0.25, 0.3) is 0 Å². The fraction of sp³-hybridized carbons (Fsp3) is 0.375. The van der Waals surface area contributed by atoms with Crippen molar-refractivity contribution in [1.82, 2.24) is 9.29 Å². The molecule has 0 bridgehead atoms. The molecular weight excluding hydrogens is 417 g/mol. The zero-order valence-corrected chi connectivity index (χ0v) is 17.3. The van der Waals surface area contributed by atoms with Crippen LogP contribution >= 0.6 is 34.5 Å². The first kappa shape index (κ1) is 19.6. The molecule has 1 saturated carbocycles. The number of hydrogen-bond acceptors (Lipinski definition) is 5. The van der Waals surface area contributed by atoms with Crippen molar-refractivity contribution in [2.24, 2.45) is 0 Å². The van der Waals surface area contributed by atoms with Gasteiger partial charge in [0.1, 0.15) is 4.90 Å². The van der Waals surface area contributed by atoms with Gasteiger partial charge in [-0.3, -0.25) is 4.79 Å². The Morgan fingerprint density at radius 1 is 1.35 bits per heavy atom. The van der Waals surface area contributed by atoms with Crippen LogP contribution in [0.4, 0.5) is 5.13 Å². The van der Waals surface area contributed by atoms with Crippen LogP contribution in [0.2, 0.25) is 10.0 Å². The number of nitrogens with zero attached hydrogens (tertiary/aromatic N) is 2. The summed E-state index contributed by atoms with van der Waals surface area (Å²) < 4.78 is 27.2. The maximum Gasteiger partial charge on any atom is 0.245 e. The molecule has 1 amide bonds. The lowest BCUT2D eigenvalue weighted by Gasteiger charge is -2.21. The van der Waals surface area contributed by atoms with Crippen LogP contribution in [0, 0.1) is 13.8 Å². The number of aryl methyl sites for hydroxylation is 2. The molecular formula is C16H17Cl2N3O3S2. The highest BCUT2D eigenvalue weighted by Crippen LogP contribution is 2.35. The number of amides is 1. The summed E-state index contributed by atoms with van der Waals surface area (Å²) in [6, 6.07) is 4.05. The van der Waals surface area contributed by atoms with Crippen LogP contribution < -0.4 is 5.32 Å². The van der Waals surface area contributed by atoms with Crippen molar-refractivity contribution < 1.29 is 13.2 Å². The third-order valence-electron chi connectivity index (χ3n) is 4.01. The Balaban J connectivity index is 1.82. The van der Waals surface area contributed by atoms with Crippen LogP contribution in [0.3, 0.4) is 0 Å². The largest absolute Gasteiger partial charge is 0.301 e. The molecule has 140 valence electrons. The first-order valence-electron chi connectivity index (χ1n) is 7.89. The second-order valence-electron chi connectivity index (χ2n) is 6.06. The van der Waals surface area contributed by atoms with Gasteiger partial charge in [-0.25, -0.2) is 13.4 Å². The second-order valence-corrected chi connectivity index (χ2v) is 9.97. The van der Waals surface area contributed by atoms with Crippen LogP contribution in [0.5, 0.6) is 0 Å². The fourth-order valence-electron chi connectivity index (χ4n) is 2.40. The highest BCUT2D eigenvalue weighted by molar-refractivity contribution is 7.89. The van der Waals surface area contributed by atoms with Crippen LogP contribution in [-0.2, 0) is 14.8 Å². The summed E-state index contributed by atoms with van der Waals surface area (Å²) in [5.41, 5.74) is 0.836. The Hall–Kier alpha value is -1.19. The molecule has 0 aliphatic heterocycles. The minimum absolute atomic E-state index is 0.0756. The molecule has 1 N–H and O–H groups in total. The molecule has 1 aromatic carbocycles. The number of carbonyl (C=O) groups excluding carboxylic acids is 1. The molecule has 1 aliphatic carbocycles. The molecule has 0 unspecified atom stereocenters.